The maximum atomic E-state index is 13.4. The quantitative estimate of drug-likeness (QED) is 0.702. The number of halogens is 1. The van der Waals surface area contributed by atoms with E-state index in [1.165, 1.54) is 22.7 Å². The molecule has 1 rings (SSSR count). The minimum Gasteiger partial charge on any atom is -0.345 e. The molecule has 0 spiro atoms. The van der Waals surface area contributed by atoms with Crippen LogP contribution in [0, 0.1) is 5.82 Å². The van der Waals surface area contributed by atoms with Gasteiger partial charge in [-0.2, -0.15) is 0 Å². The molecular formula is C10H12FNOS. The van der Waals surface area contributed by atoms with Crippen LogP contribution in [0.5, 0.6) is 0 Å². The first kappa shape index (κ1) is 11.0. The first-order chi connectivity index (χ1) is 6.57. The first-order valence-electron chi connectivity index (χ1n) is 4.12. The molecule has 0 unspecified atom stereocenters. The zero-order valence-corrected chi connectivity index (χ0v) is 9.19. The summed E-state index contributed by atoms with van der Waals surface area (Å²) in [5.41, 5.74) is 0.157. The fraction of sp³-hybridized carbons (Fsp3) is 0.300. The van der Waals surface area contributed by atoms with Crippen molar-refractivity contribution in [3.63, 3.8) is 0 Å². The highest BCUT2D eigenvalue weighted by molar-refractivity contribution is 7.98. The molecule has 1 amide bonds. The van der Waals surface area contributed by atoms with E-state index < -0.39 is 5.82 Å². The van der Waals surface area contributed by atoms with E-state index in [9.17, 15) is 9.18 Å². The Labute approximate surface area is 87.1 Å². The van der Waals surface area contributed by atoms with Crippen molar-refractivity contribution < 1.29 is 9.18 Å². The molecule has 76 valence electrons. The Kier molecular flexibility index (Phi) is 3.52. The average Bonchev–Trinajstić information content (AvgIpc) is 2.16. The Hall–Kier alpha value is -1.03. The van der Waals surface area contributed by atoms with Gasteiger partial charge in [-0.25, -0.2) is 4.39 Å². The average molecular weight is 213 g/mol. The zero-order valence-electron chi connectivity index (χ0n) is 8.37. The van der Waals surface area contributed by atoms with Crippen LogP contribution < -0.4 is 0 Å². The van der Waals surface area contributed by atoms with Crippen LogP contribution >= 0.6 is 11.8 Å². The lowest BCUT2D eigenvalue weighted by atomic mass is 10.2. The molecule has 2 nitrogen and oxygen atoms in total. The summed E-state index contributed by atoms with van der Waals surface area (Å²) in [6, 6.07) is 4.65. The number of hydrogen-bond donors (Lipinski definition) is 0. The van der Waals surface area contributed by atoms with Crippen molar-refractivity contribution in [3.05, 3.63) is 29.6 Å². The van der Waals surface area contributed by atoms with Gasteiger partial charge in [0.15, 0.2) is 0 Å². The number of nitrogens with zero attached hydrogens (tertiary/aromatic N) is 1. The second-order valence-electron chi connectivity index (χ2n) is 3.02. The van der Waals surface area contributed by atoms with E-state index in [1.54, 1.807) is 26.2 Å². The summed E-state index contributed by atoms with van der Waals surface area (Å²) in [5.74, 6) is -0.761. The zero-order chi connectivity index (χ0) is 10.7. The topological polar surface area (TPSA) is 20.3 Å². The van der Waals surface area contributed by atoms with Crippen LogP contribution in [0.2, 0.25) is 0 Å². The summed E-state index contributed by atoms with van der Waals surface area (Å²) < 4.78 is 13.4. The molecule has 0 fully saturated rings. The van der Waals surface area contributed by atoms with Crippen molar-refractivity contribution in [2.75, 3.05) is 20.4 Å². The molecule has 0 saturated heterocycles. The molecule has 0 bridgehead atoms. The molecule has 0 radical (unpaired) electrons. The Bertz CT molecular complexity index is 352. The predicted octanol–water partition coefficient (Wildman–Crippen LogP) is 2.25. The van der Waals surface area contributed by atoms with Crippen molar-refractivity contribution in [2.24, 2.45) is 0 Å². The van der Waals surface area contributed by atoms with Crippen molar-refractivity contribution in [1.82, 2.24) is 4.90 Å². The van der Waals surface area contributed by atoms with Gasteiger partial charge in [0.2, 0.25) is 0 Å². The number of rotatable bonds is 2. The van der Waals surface area contributed by atoms with E-state index in [-0.39, 0.29) is 11.5 Å². The van der Waals surface area contributed by atoms with Crippen LogP contribution in [0.15, 0.2) is 23.1 Å². The summed E-state index contributed by atoms with van der Waals surface area (Å²) in [4.78, 5) is 13.7. The number of amides is 1. The highest BCUT2D eigenvalue weighted by atomic mass is 32.2. The van der Waals surface area contributed by atoms with E-state index in [0.29, 0.717) is 4.90 Å². The summed E-state index contributed by atoms with van der Waals surface area (Å²) in [5, 5.41) is 0. The van der Waals surface area contributed by atoms with Gasteiger partial charge in [0.25, 0.3) is 5.91 Å². The third-order valence-electron chi connectivity index (χ3n) is 1.82. The van der Waals surface area contributed by atoms with Crippen LogP contribution in [0.3, 0.4) is 0 Å². The van der Waals surface area contributed by atoms with Gasteiger partial charge in [0.05, 0.1) is 5.56 Å². The number of carbonyl (C=O) groups is 1. The Balaban J connectivity index is 3.23. The Morgan fingerprint density at radius 3 is 2.57 bits per heavy atom. The lowest BCUT2D eigenvalue weighted by Gasteiger charge is -2.13. The highest BCUT2D eigenvalue weighted by Gasteiger charge is 2.17. The van der Waals surface area contributed by atoms with E-state index in [4.69, 9.17) is 0 Å². The molecular weight excluding hydrogens is 201 g/mol. The molecule has 1 aromatic carbocycles. The largest absolute Gasteiger partial charge is 0.345 e. The molecule has 0 aliphatic rings. The second-order valence-corrected chi connectivity index (χ2v) is 3.86. The van der Waals surface area contributed by atoms with E-state index in [1.807, 2.05) is 6.26 Å². The summed E-state index contributed by atoms with van der Waals surface area (Å²) >= 11 is 1.37. The van der Waals surface area contributed by atoms with Gasteiger partial charge in [0, 0.05) is 19.0 Å². The normalized spacial score (nSPS) is 10.0. The minimum absolute atomic E-state index is 0.157. The molecule has 14 heavy (non-hydrogen) atoms. The number of hydrogen-bond acceptors (Lipinski definition) is 2. The molecule has 0 heterocycles. The first-order valence-corrected chi connectivity index (χ1v) is 5.34. The smallest absolute Gasteiger partial charge is 0.257 e. The molecule has 0 aliphatic carbocycles. The van der Waals surface area contributed by atoms with Crippen LogP contribution in [0.4, 0.5) is 4.39 Å². The van der Waals surface area contributed by atoms with E-state index >= 15 is 0 Å². The summed E-state index contributed by atoms with van der Waals surface area (Å²) in [6.07, 6.45) is 1.82. The number of carbonyl (C=O) groups excluding carboxylic acids is 1. The van der Waals surface area contributed by atoms with Crippen molar-refractivity contribution in [1.29, 1.82) is 0 Å². The number of benzene rings is 1. The maximum Gasteiger partial charge on any atom is 0.257 e. The SMILES string of the molecule is CSc1cccc(F)c1C(=O)N(C)C. The van der Waals surface area contributed by atoms with Crippen molar-refractivity contribution >= 4 is 17.7 Å². The molecule has 0 N–H and O–H groups in total. The van der Waals surface area contributed by atoms with Gasteiger partial charge >= 0.3 is 0 Å². The van der Waals surface area contributed by atoms with E-state index in [2.05, 4.69) is 0 Å². The van der Waals surface area contributed by atoms with Crippen LogP contribution in [-0.4, -0.2) is 31.2 Å². The third kappa shape index (κ3) is 2.07. The van der Waals surface area contributed by atoms with E-state index in [0.717, 1.165) is 0 Å². The van der Waals surface area contributed by atoms with Gasteiger partial charge in [-0.1, -0.05) is 6.07 Å². The van der Waals surface area contributed by atoms with Gasteiger partial charge in [-0.3, -0.25) is 4.79 Å². The molecule has 1 aromatic rings. The standard InChI is InChI=1S/C10H12FNOS/c1-12(2)10(13)9-7(11)5-4-6-8(9)14-3/h4-6H,1-3H3. The van der Waals surface area contributed by atoms with Crippen molar-refractivity contribution in [3.8, 4) is 0 Å². The molecule has 0 atom stereocenters. The van der Waals surface area contributed by atoms with Gasteiger partial charge in [0.1, 0.15) is 5.82 Å². The van der Waals surface area contributed by atoms with Crippen LogP contribution in [-0.2, 0) is 0 Å². The Morgan fingerprint density at radius 1 is 1.43 bits per heavy atom. The third-order valence-corrected chi connectivity index (χ3v) is 2.60. The minimum atomic E-state index is -0.462. The van der Waals surface area contributed by atoms with Gasteiger partial charge in [-0.05, 0) is 18.4 Å². The summed E-state index contributed by atoms with van der Waals surface area (Å²) in [6.45, 7) is 0. The molecule has 4 heteroatoms. The van der Waals surface area contributed by atoms with Crippen molar-refractivity contribution in [2.45, 2.75) is 4.90 Å². The Morgan fingerprint density at radius 2 is 2.07 bits per heavy atom. The molecule has 0 aromatic heterocycles. The molecule has 0 saturated carbocycles. The number of thioether (sulfide) groups is 1. The lowest BCUT2D eigenvalue weighted by molar-refractivity contribution is 0.0819. The lowest BCUT2D eigenvalue weighted by Crippen LogP contribution is -2.23. The fourth-order valence-electron chi connectivity index (χ4n) is 1.11. The maximum absolute atomic E-state index is 13.4. The highest BCUT2D eigenvalue weighted by Crippen LogP contribution is 2.23. The summed E-state index contributed by atoms with van der Waals surface area (Å²) in [7, 11) is 3.22. The monoisotopic (exact) mass is 213 g/mol. The van der Waals surface area contributed by atoms with Crippen LogP contribution in [0.25, 0.3) is 0 Å². The fourth-order valence-corrected chi connectivity index (χ4v) is 1.71. The van der Waals surface area contributed by atoms with Gasteiger partial charge in [-0.15, -0.1) is 11.8 Å². The molecule has 0 aliphatic heterocycles. The van der Waals surface area contributed by atoms with Crippen LogP contribution in [0.1, 0.15) is 10.4 Å². The predicted molar refractivity (Wildman–Crippen MR) is 56.2 cm³/mol. The van der Waals surface area contributed by atoms with Gasteiger partial charge < -0.3 is 4.90 Å². The second kappa shape index (κ2) is 4.46.